The SMILES string of the molecule is C[C@H](NP(=O)(N[C@@H](C)C(=O)OCc1ccccc1)OC[C@H]1O[C@@H](n2c(Cl)nc3c(N)ncnc32)[C@@H](O)[C@H]1O)C(=O)OCc1ccccc1. The maximum absolute atomic E-state index is 14.2. The topological polar surface area (TPSA) is 222 Å². The van der Waals surface area contributed by atoms with E-state index in [1.807, 2.05) is 12.1 Å². The van der Waals surface area contributed by atoms with Crippen LogP contribution in [0, 0.1) is 0 Å². The van der Waals surface area contributed by atoms with Crippen LogP contribution in [0.3, 0.4) is 0 Å². The number of aromatic nitrogens is 4. The van der Waals surface area contributed by atoms with Gasteiger partial charge in [-0.05, 0) is 36.6 Å². The molecule has 2 aromatic carbocycles. The molecule has 1 aliphatic rings. The molecule has 0 radical (unpaired) electrons. The third-order valence-electron chi connectivity index (χ3n) is 7.36. The Morgan fingerprint density at radius 3 is 2.04 bits per heavy atom. The number of rotatable bonds is 14. The molecule has 4 aromatic rings. The monoisotopic (exact) mass is 703 g/mol. The van der Waals surface area contributed by atoms with Crippen LogP contribution in [-0.2, 0) is 46.1 Å². The number of aliphatic hydroxyl groups excluding tert-OH is 2. The zero-order valence-corrected chi connectivity index (χ0v) is 27.5. The molecule has 5 rings (SSSR count). The zero-order chi connectivity index (χ0) is 34.4. The lowest BCUT2D eigenvalue weighted by molar-refractivity contribution is -0.147. The summed E-state index contributed by atoms with van der Waals surface area (Å²) in [6.45, 7) is 2.17. The predicted molar refractivity (Wildman–Crippen MR) is 172 cm³/mol. The second kappa shape index (κ2) is 15.5. The Balaban J connectivity index is 1.29. The first-order chi connectivity index (χ1) is 23.0. The van der Waals surface area contributed by atoms with Crippen molar-refractivity contribution in [3.05, 3.63) is 83.4 Å². The number of fused-ring (bicyclic) bond motifs is 1. The van der Waals surface area contributed by atoms with Gasteiger partial charge in [0.15, 0.2) is 23.2 Å². The fourth-order valence-corrected chi connectivity index (χ4v) is 6.89. The highest BCUT2D eigenvalue weighted by Crippen LogP contribution is 2.42. The van der Waals surface area contributed by atoms with E-state index in [0.717, 1.165) is 11.1 Å². The highest BCUT2D eigenvalue weighted by Gasteiger charge is 2.46. The molecule has 1 saturated heterocycles. The Kier molecular flexibility index (Phi) is 11.4. The minimum atomic E-state index is -4.32. The molecule has 0 bridgehead atoms. The van der Waals surface area contributed by atoms with Gasteiger partial charge in [-0.3, -0.25) is 18.7 Å². The number of nitrogen functional groups attached to an aromatic ring is 1. The maximum atomic E-state index is 14.2. The van der Waals surface area contributed by atoms with Crippen molar-refractivity contribution in [2.24, 2.45) is 0 Å². The fraction of sp³-hybridized carbons (Fsp3) is 0.367. The average Bonchev–Trinajstić information content (AvgIpc) is 3.56. The second-order valence-corrected chi connectivity index (χ2v) is 13.2. The standard InChI is InChI=1S/C30H35ClN7O9P/c1-17(28(41)44-13-19-9-5-3-6-10-19)36-48(43,37-18(2)29(42)45-14-20-11-7-4-8-12-20)46-15-21-23(39)24(40)27(47-21)38-26-22(35-30(38)31)25(32)33-16-34-26/h3-12,16-18,21,23-24,27,39-40H,13-15H2,1-2H3,(H2,32,33,34)(H2,36,37,43)/t17-,18-,21+,23-,24-,27+/m0/s1. The Labute approximate surface area is 280 Å². The van der Waals surface area contributed by atoms with Gasteiger partial charge >= 0.3 is 19.6 Å². The molecular weight excluding hydrogens is 669 g/mol. The Morgan fingerprint density at radius 2 is 1.50 bits per heavy atom. The molecule has 0 saturated carbocycles. The Morgan fingerprint density at radius 1 is 0.958 bits per heavy atom. The summed E-state index contributed by atoms with van der Waals surface area (Å²) in [7, 11) is -4.32. The molecule has 48 heavy (non-hydrogen) atoms. The smallest absolute Gasteiger partial charge is 0.342 e. The van der Waals surface area contributed by atoms with Gasteiger partial charge in [0.25, 0.3) is 0 Å². The summed E-state index contributed by atoms with van der Waals surface area (Å²) in [6, 6.07) is 15.6. The quantitative estimate of drug-likeness (QED) is 0.0722. The van der Waals surface area contributed by atoms with Crippen LogP contribution >= 0.6 is 19.3 Å². The lowest BCUT2D eigenvalue weighted by Crippen LogP contribution is -2.43. The van der Waals surface area contributed by atoms with Gasteiger partial charge in [0.05, 0.1) is 6.61 Å². The van der Waals surface area contributed by atoms with Crippen LogP contribution in [-0.4, -0.2) is 78.7 Å². The summed E-state index contributed by atoms with van der Waals surface area (Å²) >= 11 is 6.31. The van der Waals surface area contributed by atoms with Crippen molar-refractivity contribution in [1.82, 2.24) is 29.7 Å². The van der Waals surface area contributed by atoms with Crippen LogP contribution in [0.2, 0.25) is 5.28 Å². The van der Waals surface area contributed by atoms with E-state index in [1.54, 1.807) is 48.5 Å². The van der Waals surface area contributed by atoms with Crippen molar-refractivity contribution >= 4 is 48.2 Å². The first-order valence-corrected chi connectivity index (χ1v) is 16.8. The molecule has 18 heteroatoms. The summed E-state index contributed by atoms with van der Waals surface area (Å²) in [5.41, 5.74) is 7.66. The molecule has 2 aromatic heterocycles. The molecule has 1 aliphatic heterocycles. The molecule has 3 heterocycles. The van der Waals surface area contributed by atoms with Crippen LogP contribution in [0.15, 0.2) is 67.0 Å². The van der Waals surface area contributed by atoms with Crippen LogP contribution < -0.4 is 15.9 Å². The number of aliphatic hydroxyl groups is 2. The third-order valence-corrected chi connectivity index (χ3v) is 9.59. The molecule has 0 spiro atoms. The van der Waals surface area contributed by atoms with E-state index in [0.29, 0.717) is 0 Å². The van der Waals surface area contributed by atoms with E-state index >= 15 is 0 Å². The van der Waals surface area contributed by atoms with E-state index in [9.17, 15) is 24.4 Å². The normalized spacial score (nSPS) is 20.8. The zero-order valence-electron chi connectivity index (χ0n) is 25.9. The number of halogens is 1. The Bertz CT molecular complexity index is 1700. The number of imidazole rings is 1. The van der Waals surface area contributed by atoms with Crippen LogP contribution in [0.5, 0.6) is 0 Å². The number of nitrogens with two attached hydrogens (primary N) is 1. The van der Waals surface area contributed by atoms with Crippen molar-refractivity contribution in [3.8, 4) is 0 Å². The number of nitrogens with one attached hydrogen (secondary N) is 2. The summed E-state index contributed by atoms with van der Waals surface area (Å²) in [5.74, 6) is -1.46. The van der Waals surface area contributed by atoms with E-state index < -0.39 is 62.8 Å². The largest absolute Gasteiger partial charge is 0.460 e. The van der Waals surface area contributed by atoms with Crippen molar-refractivity contribution in [3.63, 3.8) is 0 Å². The lowest BCUT2D eigenvalue weighted by Gasteiger charge is -2.27. The summed E-state index contributed by atoms with van der Waals surface area (Å²) < 4.78 is 37.7. The third kappa shape index (κ3) is 8.35. The first-order valence-electron chi connectivity index (χ1n) is 14.8. The molecule has 6 atom stereocenters. The second-order valence-electron chi connectivity index (χ2n) is 11.0. The predicted octanol–water partition coefficient (Wildman–Crippen LogP) is 2.25. The molecule has 1 fully saturated rings. The van der Waals surface area contributed by atoms with Crippen molar-refractivity contribution in [1.29, 1.82) is 0 Å². The minimum Gasteiger partial charge on any atom is -0.460 e. The van der Waals surface area contributed by atoms with Gasteiger partial charge in [-0.25, -0.2) is 25.1 Å². The number of benzene rings is 2. The lowest BCUT2D eigenvalue weighted by atomic mass is 10.1. The van der Waals surface area contributed by atoms with Gasteiger partial charge in [0, 0.05) is 0 Å². The molecule has 16 nitrogen and oxygen atoms in total. The summed E-state index contributed by atoms with van der Waals surface area (Å²) in [5, 5.41) is 26.8. The van der Waals surface area contributed by atoms with Gasteiger partial charge < -0.3 is 34.7 Å². The molecule has 256 valence electrons. The van der Waals surface area contributed by atoms with Crippen LogP contribution in [0.1, 0.15) is 31.2 Å². The number of anilines is 1. The average molecular weight is 704 g/mol. The molecule has 0 unspecified atom stereocenters. The molecule has 0 aliphatic carbocycles. The number of hydrogen-bond donors (Lipinski definition) is 5. The van der Waals surface area contributed by atoms with Crippen LogP contribution in [0.25, 0.3) is 11.2 Å². The molecule has 0 amide bonds. The van der Waals surface area contributed by atoms with E-state index in [1.165, 1.54) is 24.7 Å². The summed E-state index contributed by atoms with van der Waals surface area (Å²) in [6.07, 6.45) is -4.49. The first kappa shape index (κ1) is 35.3. The highest BCUT2D eigenvalue weighted by molar-refractivity contribution is 7.54. The number of nitrogens with zero attached hydrogens (tertiary/aromatic N) is 4. The van der Waals surface area contributed by atoms with Gasteiger partial charge in [0.1, 0.15) is 49.9 Å². The van der Waals surface area contributed by atoms with Gasteiger partial charge in [-0.1, -0.05) is 60.7 Å². The van der Waals surface area contributed by atoms with Crippen molar-refractivity contribution < 1.29 is 43.1 Å². The van der Waals surface area contributed by atoms with E-state index in [2.05, 4.69) is 25.1 Å². The van der Waals surface area contributed by atoms with E-state index in [4.69, 9.17) is 36.1 Å². The van der Waals surface area contributed by atoms with Crippen LogP contribution in [0.4, 0.5) is 5.82 Å². The number of hydrogen-bond acceptors (Lipinski definition) is 13. The molecule has 6 N–H and O–H groups in total. The minimum absolute atomic E-state index is 0.0318. The molecular formula is C30H35ClN7O9P. The highest BCUT2D eigenvalue weighted by atomic mass is 35.5. The fourth-order valence-electron chi connectivity index (χ4n) is 4.82. The number of esters is 2. The summed E-state index contributed by atoms with van der Waals surface area (Å²) in [4.78, 5) is 37.8. The number of ether oxygens (including phenoxy) is 3. The van der Waals surface area contributed by atoms with Gasteiger partial charge in [-0.15, -0.1) is 0 Å². The van der Waals surface area contributed by atoms with Crippen molar-refractivity contribution in [2.75, 3.05) is 12.3 Å². The van der Waals surface area contributed by atoms with E-state index in [-0.39, 0.29) is 35.5 Å². The number of carbonyl (C=O) groups is 2. The van der Waals surface area contributed by atoms with Crippen molar-refractivity contribution in [2.45, 2.75) is 63.7 Å². The number of carbonyl (C=O) groups excluding carboxylic acids is 2. The van der Waals surface area contributed by atoms with Gasteiger partial charge in [0.2, 0.25) is 5.28 Å². The van der Waals surface area contributed by atoms with Gasteiger partial charge in [-0.2, -0.15) is 0 Å². The Hall–Kier alpha value is -3.99. The maximum Gasteiger partial charge on any atom is 0.342 e.